The van der Waals surface area contributed by atoms with Crippen LogP contribution in [0.3, 0.4) is 0 Å². The minimum Gasteiger partial charge on any atom is -0.497 e. The maximum Gasteiger partial charge on any atom is 0.331 e. The van der Waals surface area contributed by atoms with Gasteiger partial charge < -0.3 is 10.5 Å². The van der Waals surface area contributed by atoms with Gasteiger partial charge in [0.1, 0.15) is 17.3 Å². The number of nitrogens with two attached hydrogens (primary N) is 1. The van der Waals surface area contributed by atoms with Crippen LogP contribution in [0.25, 0.3) is 0 Å². The molecule has 0 atom stereocenters. The lowest BCUT2D eigenvalue weighted by Crippen LogP contribution is -2.40. The second kappa shape index (κ2) is 5.82. The molecule has 2 rings (SSSR count). The number of anilines is 1. The third-order valence-electron chi connectivity index (χ3n) is 3.19. The molecule has 0 amide bonds. The molecule has 2 N–H and O–H groups in total. The van der Waals surface area contributed by atoms with Gasteiger partial charge in [-0.15, -0.1) is 0 Å². The molecule has 0 fully saturated rings. The minimum atomic E-state index is -0.625. The first kappa shape index (κ1) is 14.8. The van der Waals surface area contributed by atoms with Crippen LogP contribution in [0.2, 0.25) is 0 Å². The SMILES string of the molecule is CCn1cc(N)c(=O)n(Cc2ccc(OC)cc2F)c1=O. The number of hydrogen-bond acceptors (Lipinski definition) is 4. The molecule has 0 saturated heterocycles. The first-order valence-electron chi connectivity index (χ1n) is 6.40. The molecule has 2 aromatic rings. The second-order valence-electron chi connectivity index (χ2n) is 4.50. The lowest BCUT2D eigenvalue weighted by molar-refractivity contribution is 0.410. The fourth-order valence-corrected chi connectivity index (χ4v) is 2.00. The fourth-order valence-electron chi connectivity index (χ4n) is 2.00. The Kier molecular flexibility index (Phi) is 4.11. The van der Waals surface area contributed by atoms with Crippen molar-refractivity contribution >= 4 is 5.69 Å². The summed E-state index contributed by atoms with van der Waals surface area (Å²) in [4.78, 5) is 24.1. The van der Waals surface area contributed by atoms with E-state index in [9.17, 15) is 14.0 Å². The van der Waals surface area contributed by atoms with E-state index < -0.39 is 17.1 Å². The molecular weight excluding hydrogens is 277 g/mol. The summed E-state index contributed by atoms with van der Waals surface area (Å²) in [5.41, 5.74) is 4.61. The number of rotatable bonds is 4. The van der Waals surface area contributed by atoms with Crippen LogP contribution in [0.1, 0.15) is 12.5 Å². The highest BCUT2D eigenvalue weighted by Crippen LogP contribution is 2.16. The molecule has 0 radical (unpaired) electrons. The van der Waals surface area contributed by atoms with E-state index >= 15 is 0 Å². The molecule has 0 saturated carbocycles. The summed E-state index contributed by atoms with van der Waals surface area (Å²) < 4.78 is 21.1. The van der Waals surface area contributed by atoms with Gasteiger partial charge >= 0.3 is 5.69 Å². The number of aryl methyl sites for hydroxylation is 1. The molecule has 112 valence electrons. The molecule has 0 aliphatic heterocycles. The number of nitrogens with zero attached hydrogens (tertiary/aromatic N) is 2. The number of hydrogen-bond donors (Lipinski definition) is 1. The Balaban J connectivity index is 2.52. The van der Waals surface area contributed by atoms with Gasteiger partial charge in [-0.1, -0.05) is 6.07 Å². The van der Waals surface area contributed by atoms with E-state index in [2.05, 4.69) is 0 Å². The average molecular weight is 293 g/mol. The van der Waals surface area contributed by atoms with Gasteiger partial charge in [-0.25, -0.2) is 9.18 Å². The van der Waals surface area contributed by atoms with Crippen LogP contribution < -0.4 is 21.7 Å². The Morgan fingerprint density at radius 3 is 2.62 bits per heavy atom. The number of benzene rings is 1. The van der Waals surface area contributed by atoms with Crippen LogP contribution in [-0.2, 0) is 13.1 Å². The van der Waals surface area contributed by atoms with Crippen molar-refractivity contribution in [2.45, 2.75) is 20.0 Å². The number of methoxy groups -OCH3 is 1. The summed E-state index contributed by atoms with van der Waals surface area (Å²) in [6.07, 6.45) is 1.30. The fraction of sp³-hybridized carbons (Fsp3) is 0.286. The molecule has 6 nitrogen and oxygen atoms in total. The van der Waals surface area contributed by atoms with Crippen molar-refractivity contribution in [2.75, 3.05) is 12.8 Å². The van der Waals surface area contributed by atoms with Crippen LogP contribution in [0.4, 0.5) is 10.1 Å². The number of halogens is 1. The quantitative estimate of drug-likeness (QED) is 0.904. The smallest absolute Gasteiger partial charge is 0.331 e. The molecule has 1 aromatic heterocycles. The van der Waals surface area contributed by atoms with Crippen molar-refractivity contribution < 1.29 is 9.13 Å². The molecule has 0 bridgehead atoms. The van der Waals surface area contributed by atoms with E-state index in [-0.39, 0.29) is 17.8 Å². The highest BCUT2D eigenvalue weighted by molar-refractivity contribution is 5.32. The van der Waals surface area contributed by atoms with E-state index in [0.29, 0.717) is 12.3 Å². The van der Waals surface area contributed by atoms with Gasteiger partial charge in [0.25, 0.3) is 5.56 Å². The second-order valence-corrected chi connectivity index (χ2v) is 4.50. The van der Waals surface area contributed by atoms with Gasteiger partial charge in [-0.2, -0.15) is 0 Å². The molecule has 0 aliphatic rings. The molecule has 0 unspecified atom stereocenters. The predicted molar refractivity (Wildman–Crippen MR) is 77.1 cm³/mol. The summed E-state index contributed by atoms with van der Waals surface area (Å²) in [6, 6.07) is 4.23. The van der Waals surface area contributed by atoms with Gasteiger partial charge in [-0.3, -0.25) is 13.9 Å². The maximum atomic E-state index is 13.9. The molecular formula is C14H16FN3O3. The van der Waals surface area contributed by atoms with E-state index in [1.165, 1.54) is 30.0 Å². The summed E-state index contributed by atoms with van der Waals surface area (Å²) in [5, 5.41) is 0. The van der Waals surface area contributed by atoms with Gasteiger partial charge in [0.15, 0.2) is 0 Å². The Labute approximate surface area is 120 Å². The maximum absolute atomic E-state index is 13.9. The topological polar surface area (TPSA) is 79.2 Å². The van der Waals surface area contributed by atoms with Crippen LogP contribution in [0, 0.1) is 5.82 Å². The Morgan fingerprint density at radius 1 is 1.33 bits per heavy atom. The van der Waals surface area contributed by atoms with Gasteiger partial charge in [0.2, 0.25) is 0 Å². The Morgan fingerprint density at radius 2 is 2.05 bits per heavy atom. The number of nitrogen functional groups attached to an aromatic ring is 1. The van der Waals surface area contributed by atoms with Crippen molar-refractivity contribution in [2.24, 2.45) is 0 Å². The van der Waals surface area contributed by atoms with Crippen molar-refractivity contribution in [3.63, 3.8) is 0 Å². The van der Waals surface area contributed by atoms with Crippen LogP contribution in [-0.4, -0.2) is 16.2 Å². The summed E-state index contributed by atoms with van der Waals surface area (Å²) in [7, 11) is 1.43. The third-order valence-corrected chi connectivity index (χ3v) is 3.19. The average Bonchev–Trinajstić information content (AvgIpc) is 2.48. The van der Waals surface area contributed by atoms with Crippen LogP contribution in [0.5, 0.6) is 5.75 Å². The summed E-state index contributed by atoms with van der Waals surface area (Å²) in [5.74, 6) is -0.187. The van der Waals surface area contributed by atoms with E-state index in [1.807, 2.05) is 0 Å². The van der Waals surface area contributed by atoms with Gasteiger partial charge in [0, 0.05) is 24.4 Å². The number of ether oxygens (including phenoxy) is 1. The van der Waals surface area contributed by atoms with E-state index in [4.69, 9.17) is 10.5 Å². The lowest BCUT2D eigenvalue weighted by Gasteiger charge is -2.11. The first-order chi connectivity index (χ1) is 9.97. The zero-order valence-corrected chi connectivity index (χ0v) is 11.8. The molecule has 7 heteroatoms. The zero-order valence-electron chi connectivity index (χ0n) is 11.8. The van der Waals surface area contributed by atoms with Crippen molar-refractivity contribution in [3.05, 3.63) is 56.6 Å². The molecule has 0 aliphatic carbocycles. The first-order valence-corrected chi connectivity index (χ1v) is 6.40. The van der Waals surface area contributed by atoms with Crippen LogP contribution in [0.15, 0.2) is 34.0 Å². The Hall–Kier alpha value is -2.57. The lowest BCUT2D eigenvalue weighted by atomic mass is 10.2. The molecule has 21 heavy (non-hydrogen) atoms. The largest absolute Gasteiger partial charge is 0.497 e. The normalized spacial score (nSPS) is 10.6. The van der Waals surface area contributed by atoms with Crippen LogP contribution >= 0.6 is 0 Å². The van der Waals surface area contributed by atoms with Gasteiger partial charge in [-0.05, 0) is 13.0 Å². The minimum absolute atomic E-state index is 0.0506. The monoisotopic (exact) mass is 293 g/mol. The number of aromatic nitrogens is 2. The molecule has 0 spiro atoms. The molecule has 1 heterocycles. The third kappa shape index (κ3) is 2.81. The van der Waals surface area contributed by atoms with E-state index in [1.54, 1.807) is 13.0 Å². The van der Waals surface area contributed by atoms with Crippen molar-refractivity contribution in [1.29, 1.82) is 0 Å². The summed E-state index contributed by atoms with van der Waals surface area (Å²) in [6.45, 7) is 1.94. The Bertz CT molecular complexity index is 780. The predicted octanol–water partition coefficient (Wildman–Crippen LogP) is 0.808. The molecule has 1 aromatic carbocycles. The highest BCUT2D eigenvalue weighted by atomic mass is 19.1. The van der Waals surface area contributed by atoms with Crippen molar-refractivity contribution in [3.8, 4) is 5.75 Å². The zero-order chi connectivity index (χ0) is 15.6. The van der Waals surface area contributed by atoms with E-state index in [0.717, 1.165) is 4.57 Å². The summed E-state index contributed by atoms with van der Waals surface area (Å²) >= 11 is 0. The van der Waals surface area contributed by atoms with Crippen molar-refractivity contribution in [1.82, 2.24) is 9.13 Å². The standard InChI is InChI=1S/C14H16FN3O3/c1-3-17-8-12(16)13(19)18(14(17)20)7-9-4-5-10(21-2)6-11(9)15/h4-6,8H,3,7,16H2,1-2H3. The van der Waals surface area contributed by atoms with Gasteiger partial charge in [0.05, 0.1) is 13.7 Å². The highest BCUT2D eigenvalue weighted by Gasteiger charge is 2.12.